The zero-order valence-corrected chi connectivity index (χ0v) is 13.7. The molecule has 0 saturated heterocycles. The minimum atomic E-state index is -3.78. The maximum atomic E-state index is 11.2. The van der Waals surface area contributed by atoms with Gasteiger partial charge in [0, 0.05) is 10.7 Å². The lowest BCUT2D eigenvalue weighted by atomic mass is 10.1. The molecule has 2 aromatic rings. The van der Waals surface area contributed by atoms with Crippen molar-refractivity contribution >= 4 is 31.3 Å². The molecule has 0 atom stereocenters. The Balaban J connectivity index is 2.09. The van der Waals surface area contributed by atoms with Crippen LogP contribution >= 0.6 is 22.3 Å². The fourth-order valence-corrected chi connectivity index (χ4v) is 2.86. The van der Waals surface area contributed by atoms with Gasteiger partial charge in [0.05, 0.1) is 9.92 Å². The average Bonchev–Trinajstić information content (AvgIpc) is 2.45. The summed E-state index contributed by atoms with van der Waals surface area (Å²) in [4.78, 5) is -0.0474. The van der Waals surface area contributed by atoms with Crippen molar-refractivity contribution in [2.75, 3.05) is 0 Å². The van der Waals surface area contributed by atoms with Gasteiger partial charge in [-0.2, -0.15) is 0 Å². The van der Waals surface area contributed by atoms with Crippen LogP contribution in [0.25, 0.3) is 0 Å². The van der Waals surface area contributed by atoms with Gasteiger partial charge in [0.1, 0.15) is 12.4 Å². The van der Waals surface area contributed by atoms with Gasteiger partial charge in [0.2, 0.25) is 0 Å². The number of halogens is 2. The first-order valence-corrected chi connectivity index (χ1v) is 9.03. The van der Waals surface area contributed by atoms with E-state index >= 15 is 0 Å². The van der Waals surface area contributed by atoms with E-state index in [4.69, 9.17) is 27.0 Å². The molecule has 0 N–H and O–H groups in total. The molecular weight excluding hydrogens is 331 g/mol. The summed E-state index contributed by atoms with van der Waals surface area (Å²) in [7, 11) is 1.47. The second kappa shape index (κ2) is 6.69. The third-order valence-electron chi connectivity index (χ3n) is 3.01. The largest absolute Gasteiger partial charge is 0.487 e. The van der Waals surface area contributed by atoms with Crippen LogP contribution in [0.3, 0.4) is 0 Å². The molecule has 0 fully saturated rings. The summed E-state index contributed by atoms with van der Waals surface area (Å²) >= 11 is 6.00. The van der Waals surface area contributed by atoms with Gasteiger partial charge in [-0.1, -0.05) is 42.8 Å². The Bertz CT molecular complexity index is 725. The Morgan fingerprint density at radius 1 is 1.05 bits per heavy atom. The summed E-state index contributed by atoms with van der Waals surface area (Å²) in [5.41, 5.74) is 2.27. The second-order valence-corrected chi connectivity index (χ2v) is 7.46. The lowest BCUT2D eigenvalue weighted by Gasteiger charge is -2.09. The molecule has 0 aliphatic heterocycles. The Morgan fingerprint density at radius 3 is 2.19 bits per heavy atom. The number of rotatable bonds is 5. The van der Waals surface area contributed by atoms with E-state index in [1.807, 2.05) is 24.3 Å². The van der Waals surface area contributed by atoms with Crippen LogP contribution in [0.4, 0.5) is 0 Å². The molecule has 21 heavy (non-hydrogen) atoms. The number of aryl methyl sites for hydroxylation is 1. The highest BCUT2D eigenvalue weighted by Gasteiger charge is 2.12. The first-order chi connectivity index (χ1) is 9.90. The normalized spacial score (nSPS) is 11.4. The van der Waals surface area contributed by atoms with Gasteiger partial charge in [0.15, 0.2) is 0 Å². The van der Waals surface area contributed by atoms with Crippen molar-refractivity contribution in [3.8, 4) is 5.75 Å². The molecule has 0 aliphatic rings. The zero-order chi connectivity index (χ0) is 15.5. The molecule has 3 nitrogen and oxygen atoms in total. The lowest BCUT2D eigenvalue weighted by molar-refractivity contribution is 0.306. The molecule has 0 bridgehead atoms. The van der Waals surface area contributed by atoms with Crippen molar-refractivity contribution in [2.45, 2.75) is 24.8 Å². The molecule has 0 aliphatic carbocycles. The topological polar surface area (TPSA) is 43.4 Å². The van der Waals surface area contributed by atoms with Crippen molar-refractivity contribution in [3.63, 3.8) is 0 Å². The Morgan fingerprint density at radius 2 is 1.67 bits per heavy atom. The quantitative estimate of drug-likeness (QED) is 0.754. The summed E-state index contributed by atoms with van der Waals surface area (Å²) in [5, 5.41) is 0.210. The second-order valence-electron chi connectivity index (χ2n) is 4.49. The van der Waals surface area contributed by atoms with Gasteiger partial charge < -0.3 is 4.74 Å². The highest BCUT2D eigenvalue weighted by Crippen LogP contribution is 2.29. The number of hydrogen-bond acceptors (Lipinski definition) is 3. The monoisotopic (exact) mass is 344 g/mol. The van der Waals surface area contributed by atoms with E-state index in [9.17, 15) is 8.42 Å². The predicted octanol–water partition coefficient (Wildman–Crippen LogP) is 4.41. The fraction of sp³-hybridized carbons (Fsp3) is 0.200. The van der Waals surface area contributed by atoms with E-state index in [2.05, 4.69) is 6.92 Å². The van der Waals surface area contributed by atoms with Crippen LogP contribution in [0.15, 0.2) is 47.4 Å². The summed E-state index contributed by atoms with van der Waals surface area (Å²) in [6, 6.07) is 12.2. The van der Waals surface area contributed by atoms with E-state index < -0.39 is 9.05 Å². The van der Waals surface area contributed by atoms with E-state index in [1.165, 1.54) is 23.8 Å². The maximum absolute atomic E-state index is 11.2. The molecular formula is C15H14Cl2O3S. The Kier molecular flexibility index (Phi) is 5.14. The first-order valence-electron chi connectivity index (χ1n) is 6.35. The summed E-state index contributed by atoms with van der Waals surface area (Å²) in [6.07, 6.45) is 0.987. The van der Waals surface area contributed by atoms with Crippen LogP contribution in [0, 0.1) is 0 Å². The standard InChI is InChI=1S/C15H14Cl2O3S/c1-2-11-3-5-12(6-4-11)10-20-15-8-7-13(9-14(15)16)21(17,18)19/h3-9H,2,10H2,1H3. The van der Waals surface area contributed by atoms with E-state index in [-0.39, 0.29) is 9.92 Å². The molecule has 2 aromatic carbocycles. The molecule has 112 valence electrons. The van der Waals surface area contributed by atoms with E-state index in [0.29, 0.717) is 12.4 Å². The molecule has 6 heteroatoms. The SMILES string of the molecule is CCc1ccc(COc2ccc(S(=O)(=O)Cl)cc2Cl)cc1. The van der Waals surface area contributed by atoms with Crippen LogP contribution in [-0.2, 0) is 22.1 Å². The zero-order valence-electron chi connectivity index (χ0n) is 11.3. The molecule has 0 aromatic heterocycles. The molecule has 0 saturated carbocycles. The van der Waals surface area contributed by atoms with E-state index in [1.54, 1.807) is 0 Å². The first kappa shape index (κ1) is 16.1. The van der Waals surface area contributed by atoms with Gasteiger partial charge in [-0.05, 0) is 35.7 Å². The Labute approximate surface area is 133 Å². The average molecular weight is 345 g/mol. The fourth-order valence-electron chi connectivity index (χ4n) is 1.78. The lowest BCUT2D eigenvalue weighted by Crippen LogP contribution is -1.97. The van der Waals surface area contributed by atoms with Gasteiger partial charge in [-0.25, -0.2) is 8.42 Å². The van der Waals surface area contributed by atoms with Crippen LogP contribution < -0.4 is 4.74 Å². The molecule has 2 rings (SSSR count). The van der Waals surface area contributed by atoms with Crippen LogP contribution in [-0.4, -0.2) is 8.42 Å². The minimum Gasteiger partial charge on any atom is -0.487 e. The third kappa shape index (κ3) is 4.37. The number of hydrogen-bond donors (Lipinski definition) is 0. The van der Waals surface area contributed by atoms with Crippen LogP contribution in [0.2, 0.25) is 5.02 Å². The summed E-state index contributed by atoms with van der Waals surface area (Å²) < 4.78 is 28.0. The van der Waals surface area contributed by atoms with Crippen molar-refractivity contribution < 1.29 is 13.2 Å². The minimum absolute atomic E-state index is 0.0474. The molecule has 0 amide bonds. The van der Waals surface area contributed by atoms with Gasteiger partial charge in [-0.15, -0.1) is 0 Å². The van der Waals surface area contributed by atoms with Crippen LogP contribution in [0.5, 0.6) is 5.75 Å². The maximum Gasteiger partial charge on any atom is 0.261 e. The molecule has 0 radical (unpaired) electrons. The van der Waals surface area contributed by atoms with Crippen LogP contribution in [0.1, 0.15) is 18.1 Å². The summed E-state index contributed by atoms with van der Waals surface area (Å²) in [6.45, 7) is 2.45. The molecule has 0 heterocycles. The van der Waals surface area contributed by atoms with Crippen molar-refractivity contribution in [2.24, 2.45) is 0 Å². The molecule has 0 spiro atoms. The predicted molar refractivity (Wildman–Crippen MR) is 84.6 cm³/mol. The molecule has 0 unspecified atom stereocenters. The van der Waals surface area contributed by atoms with E-state index in [0.717, 1.165) is 12.0 Å². The van der Waals surface area contributed by atoms with Gasteiger partial charge in [0.25, 0.3) is 9.05 Å². The van der Waals surface area contributed by atoms with Crippen molar-refractivity contribution in [3.05, 3.63) is 58.6 Å². The highest BCUT2D eigenvalue weighted by molar-refractivity contribution is 8.13. The smallest absolute Gasteiger partial charge is 0.261 e. The van der Waals surface area contributed by atoms with Crippen molar-refractivity contribution in [1.82, 2.24) is 0 Å². The summed E-state index contributed by atoms with van der Waals surface area (Å²) in [5.74, 6) is 0.417. The van der Waals surface area contributed by atoms with Gasteiger partial charge in [-0.3, -0.25) is 0 Å². The van der Waals surface area contributed by atoms with Gasteiger partial charge >= 0.3 is 0 Å². The third-order valence-corrected chi connectivity index (χ3v) is 4.66. The number of ether oxygens (including phenoxy) is 1. The van der Waals surface area contributed by atoms with Crippen molar-refractivity contribution in [1.29, 1.82) is 0 Å². The number of benzene rings is 2. The highest BCUT2D eigenvalue weighted by atomic mass is 35.7. The Hall–Kier alpha value is -1.23.